The molecule has 0 aliphatic heterocycles. The Labute approximate surface area is 132 Å². The molecular weight excluding hydrogens is 326 g/mol. The van der Waals surface area contributed by atoms with Gasteiger partial charge in [-0.05, 0) is 13.8 Å². The van der Waals surface area contributed by atoms with E-state index in [1.165, 1.54) is 13.8 Å². The normalized spacial score (nSPS) is 11.3. The fraction of sp³-hybridized carbons (Fsp3) is 0.429. The third kappa shape index (κ3) is 5.78. The van der Waals surface area contributed by atoms with Gasteiger partial charge in [-0.1, -0.05) is 40.2 Å². The SMILES string of the molecule is C=C(C)OP(=O)(OC(=C)C)P(=O)(OC(=C)CC)OC(=C)CC. The first-order valence-electron chi connectivity index (χ1n) is 6.65. The topological polar surface area (TPSA) is 71.1 Å². The molecule has 0 N–H and O–H groups in total. The Morgan fingerprint density at radius 2 is 1.00 bits per heavy atom. The minimum absolute atomic E-state index is 0.0289. The van der Waals surface area contributed by atoms with Crippen LogP contribution in [0.15, 0.2) is 49.4 Å². The van der Waals surface area contributed by atoms with E-state index in [1.54, 1.807) is 13.8 Å². The molecule has 0 radical (unpaired) electrons. The maximum absolute atomic E-state index is 13.1. The Bertz CT molecular complexity index is 522. The number of rotatable bonds is 11. The maximum atomic E-state index is 13.1. The zero-order valence-corrected chi connectivity index (χ0v) is 15.4. The van der Waals surface area contributed by atoms with Crippen LogP contribution in [0, 0.1) is 0 Å². The highest BCUT2D eigenvalue weighted by Gasteiger charge is 2.57. The Kier molecular flexibility index (Phi) is 7.78. The standard InChI is InChI=1S/C14H24O6P2/c1-9-13(7)19-22(16,20-14(8)10-2)21(15,17-11(3)4)18-12(5)6/h3,5,7-10H2,1-2,4,6H3. The number of hydrogen-bond donors (Lipinski definition) is 0. The van der Waals surface area contributed by atoms with Gasteiger partial charge in [0.25, 0.3) is 0 Å². The van der Waals surface area contributed by atoms with Crippen molar-refractivity contribution in [1.82, 2.24) is 0 Å². The summed E-state index contributed by atoms with van der Waals surface area (Å²) in [5.74, 6) is 0.286. The summed E-state index contributed by atoms with van der Waals surface area (Å²) in [6.07, 6.45) is 0.679. The molecular formula is C14H24O6P2. The Morgan fingerprint density at radius 3 is 1.23 bits per heavy atom. The van der Waals surface area contributed by atoms with Gasteiger partial charge in [-0.2, -0.15) is 0 Å². The van der Waals surface area contributed by atoms with Crippen LogP contribution < -0.4 is 0 Å². The van der Waals surface area contributed by atoms with E-state index in [-0.39, 0.29) is 23.0 Å². The van der Waals surface area contributed by atoms with E-state index in [0.29, 0.717) is 12.8 Å². The molecule has 22 heavy (non-hydrogen) atoms. The summed E-state index contributed by atoms with van der Waals surface area (Å²) in [5, 5.41) is 0. The molecule has 0 atom stereocenters. The minimum Gasteiger partial charge on any atom is -0.412 e. The van der Waals surface area contributed by atoms with Crippen LogP contribution in [0.3, 0.4) is 0 Å². The first-order valence-corrected chi connectivity index (χ1v) is 10.4. The van der Waals surface area contributed by atoms with Crippen LogP contribution in [0.25, 0.3) is 0 Å². The van der Waals surface area contributed by atoms with Gasteiger partial charge in [0.2, 0.25) is 0 Å². The van der Waals surface area contributed by atoms with E-state index in [2.05, 4.69) is 26.3 Å². The van der Waals surface area contributed by atoms with E-state index in [4.69, 9.17) is 18.1 Å². The maximum Gasteiger partial charge on any atom is 0.567 e. The van der Waals surface area contributed by atoms with Crippen LogP contribution in [0.2, 0.25) is 0 Å². The zero-order chi connectivity index (χ0) is 17.6. The monoisotopic (exact) mass is 350 g/mol. The third-order valence-electron chi connectivity index (χ3n) is 2.12. The van der Waals surface area contributed by atoms with Gasteiger partial charge in [-0.25, -0.2) is 9.13 Å². The molecule has 0 aromatic heterocycles. The molecule has 0 saturated carbocycles. The third-order valence-corrected chi connectivity index (χ3v) is 7.56. The van der Waals surface area contributed by atoms with Crippen LogP contribution in [0.4, 0.5) is 0 Å². The lowest BCUT2D eigenvalue weighted by Gasteiger charge is -2.27. The zero-order valence-electron chi connectivity index (χ0n) is 13.6. The molecule has 0 fully saturated rings. The smallest absolute Gasteiger partial charge is 0.412 e. The predicted molar refractivity (Wildman–Crippen MR) is 88.0 cm³/mol. The lowest BCUT2D eigenvalue weighted by atomic mass is 10.4. The van der Waals surface area contributed by atoms with Gasteiger partial charge < -0.3 is 18.1 Å². The molecule has 8 heteroatoms. The summed E-state index contributed by atoms with van der Waals surface area (Å²) in [5.41, 5.74) is 0. The molecule has 6 nitrogen and oxygen atoms in total. The fourth-order valence-electron chi connectivity index (χ4n) is 1.09. The van der Waals surface area contributed by atoms with E-state index < -0.39 is 14.6 Å². The van der Waals surface area contributed by atoms with Crippen LogP contribution in [-0.4, -0.2) is 0 Å². The van der Waals surface area contributed by atoms with Gasteiger partial charge in [0.1, 0.15) is 11.5 Å². The predicted octanol–water partition coefficient (Wildman–Crippen LogP) is 6.27. The van der Waals surface area contributed by atoms with Crippen molar-refractivity contribution >= 4 is 14.6 Å². The highest BCUT2D eigenvalue weighted by Crippen LogP contribution is 2.86. The number of hydrogen-bond acceptors (Lipinski definition) is 6. The largest absolute Gasteiger partial charge is 0.567 e. The minimum atomic E-state index is -4.40. The summed E-state index contributed by atoms with van der Waals surface area (Å²) in [7, 11) is -8.80. The van der Waals surface area contributed by atoms with Crippen molar-refractivity contribution in [2.24, 2.45) is 0 Å². The van der Waals surface area contributed by atoms with Gasteiger partial charge in [0, 0.05) is 12.8 Å². The molecule has 0 bridgehead atoms. The molecule has 0 aliphatic carbocycles. The van der Waals surface area contributed by atoms with Crippen molar-refractivity contribution in [1.29, 1.82) is 0 Å². The molecule has 0 spiro atoms. The van der Waals surface area contributed by atoms with E-state index in [1.807, 2.05) is 0 Å². The van der Waals surface area contributed by atoms with Crippen LogP contribution in [0.1, 0.15) is 40.5 Å². The quantitative estimate of drug-likeness (QED) is 0.323. The average molecular weight is 350 g/mol. The average Bonchev–Trinajstić information content (AvgIpc) is 2.35. The molecule has 126 valence electrons. The van der Waals surface area contributed by atoms with Gasteiger partial charge >= 0.3 is 14.6 Å². The fourth-order valence-corrected chi connectivity index (χ4v) is 5.99. The second-order valence-electron chi connectivity index (χ2n) is 4.49. The van der Waals surface area contributed by atoms with E-state index in [0.717, 1.165) is 0 Å². The lowest BCUT2D eigenvalue weighted by Crippen LogP contribution is -2.02. The van der Waals surface area contributed by atoms with Crippen molar-refractivity contribution in [3.05, 3.63) is 49.4 Å². The summed E-state index contributed by atoms with van der Waals surface area (Å²) in [6, 6.07) is 0. The summed E-state index contributed by atoms with van der Waals surface area (Å²) >= 11 is 0. The van der Waals surface area contributed by atoms with Gasteiger partial charge in [-0.15, -0.1) is 0 Å². The van der Waals surface area contributed by atoms with Crippen LogP contribution in [-0.2, 0) is 27.2 Å². The lowest BCUT2D eigenvalue weighted by molar-refractivity contribution is 0.257. The van der Waals surface area contributed by atoms with E-state index >= 15 is 0 Å². The molecule has 0 unspecified atom stereocenters. The second-order valence-corrected chi connectivity index (χ2v) is 10.0. The van der Waals surface area contributed by atoms with Gasteiger partial charge in [0.15, 0.2) is 0 Å². The van der Waals surface area contributed by atoms with Crippen molar-refractivity contribution in [2.45, 2.75) is 40.5 Å². The summed E-state index contributed by atoms with van der Waals surface area (Å²) < 4.78 is 46.7. The first kappa shape index (κ1) is 20.6. The molecule has 0 aromatic carbocycles. The molecule has 0 amide bonds. The van der Waals surface area contributed by atoms with E-state index in [9.17, 15) is 9.13 Å². The molecule has 0 aliphatic rings. The Balaban J connectivity index is 5.92. The van der Waals surface area contributed by atoms with Crippen LogP contribution >= 0.6 is 14.6 Å². The summed E-state index contributed by atoms with van der Waals surface area (Å²) in [4.78, 5) is 0. The molecule has 0 saturated heterocycles. The van der Waals surface area contributed by atoms with Crippen molar-refractivity contribution in [3.8, 4) is 0 Å². The first-order chi connectivity index (χ1) is 9.99. The van der Waals surface area contributed by atoms with Gasteiger partial charge in [-0.3, -0.25) is 0 Å². The van der Waals surface area contributed by atoms with Crippen LogP contribution in [0.5, 0.6) is 0 Å². The number of allylic oxidation sites excluding steroid dienone is 4. The Hall–Kier alpha value is -1.38. The highest BCUT2D eigenvalue weighted by molar-refractivity contribution is 8.27. The molecule has 0 rings (SSSR count). The van der Waals surface area contributed by atoms with Gasteiger partial charge in [0.05, 0.1) is 11.5 Å². The van der Waals surface area contributed by atoms with Crippen molar-refractivity contribution in [2.75, 3.05) is 0 Å². The molecule has 0 heterocycles. The highest BCUT2D eigenvalue weighted by atomic mass is 32.1. The molecule has 0 aromatic rings. The van der Waals surface area contributed by atoms with Crippen molar-refractivity contribution in [3.63, 3.8) is 0 Å². The van der Waals surface area contributed by atoms with Crippen molar-refractivity contribution < 1.29 is 27.2 Å². The Morgan fingerprint density at radius 1 is 0.727 bits per heavy atom. The summed E-state index contributed by atoms with van der Waals surface area (Å²) in [6.45, 7) is 20.4. The second kappa shape index (κ2) is 8.30.